The quantitative estimate of drug-likeness (QED) is 0.480. The zero-order valence-electron chi connectivity index (χ0n) is 20.5. The summed E-state index contributed by atoms with van der Waals surface area (Å²) in [6.07, 6.45) is -0.165. The van der Waals surface area contributed by atoms with E-state index in [-0.39, 0.29) is 12.0 Å². The molecule has 1 aromatic heterocycles. The normalized spacial score (nSPS) is 15.0. The second kappa shape index (κ2) is 11.2. The number of carbonyl (C=O) groups excluding carboxylic acids is 1. The van der Waals surface area contributed by atoms with Crippen LogP contribution < -0.4 is 4.74 Å². The van der Waals surface area contributed by atoms with E-state index in [4.69, 9.17) is 19.2 Å². The molecule has 1 fully saturated rings. The Kier molecular flexibility index (Phi) is 7.86. The highest BCUT2D eigenvalue weighted by molar-refractivity contribution is 5.95. The van der Waals surface area contributed by atoms with Crippen molar-refractivity contribution in [1.82, 2.24) is 9.80 Å². The van der Waals surface area contributed by atoms with Crippen LogP contribution >= 0.6 is 0 Å². The molecule has 7 nitrogen and oxygen atoms in total. The monoisotopic (exact) mass is 473 g/mol. The minimum Gasteiger partial charge on any atom is -0.497 e. The number of methoxy groups -OCH3 is 1. The molecule has 2 aromatic carbocycles. The number of ether oxygens (including phenoxy) is 2. The fourth-order valence-electron chi connectivity index (χ4n) is 4.35. The van der Waals surface area contributed by atoms with Gasteiger partial charge in [0, 0.05) is 32.7 Å². The van der Waals surface area contributed by atoms with Crippen molar-refractivity contribution >= 4 is 5.91 Å². The Bertz CT molecular complexity index is 1190. The Morgan fingerprint density at radius 3 is 2.46 bits per heavy atom. The second-order valence-electron chi connectivity index (χ2n) is 8.80. The lowest BCUT2D eigenvalue weighted by molar-refractivity contribution is 0.00332. The first-order valence-electron chi connectivity index (χ1n) is 11.8. The molecule has 0 bridgehead atoms. The van der Waals surface area contributed by atoms with Crippen LogP contribution in [-0.4, -0.2) is 55.5 Å². The van der Waals surface area contributed by atoms with Crippen molar-refractivity contribution in [3.63, 3.8) is 0 Å². The van der Waals surface area contributed by atoms with Crippen molar-refractivity contribution in [3.05, 3.63) is 88.4 Å². The van der Waals surface area contributed by atoms with E-state index in [1.807, 2.05) is 55.1 Å². The van der Waals surface area contributed by atoms with E-state index < -0.39 is 0 Å². The number of amides is 1. The van der Waals surface area contributed by atoms with Crippen LogP contribution in [0, 0.1) is 25.2 Å². The molecule has 0 spiro atoms. The SMILES string of the molecule is COc1cccc(C(CN2CCN(C(=O)c3cc(C)oc3C)CC2)OCc2ccc(C#N)cc2)c1. The first kappa shape index (κ1) is 24.5. The molecule has 2 heterocycles. The molecule has 182 valence electrons. The molecule has 0 aliphatic carbocycles. The molecule has 4 rings (SSSR count). The molecule has 1 aliphatic rings. The molecule has 0 saturated carbocycles. The number of nitrogens with zero attached hydrogens (tertiary/aromatic N) is 3. The van der Waals surface area contributed by atoms with Gasteiger partial charge in [-0.25, -0.2) is 0 Å². The van der Waals surface area contributed by atoms with Gasteiger partial charge in [-0.2, -0.15) is 5.26 Å². The molecule has 1 unspecified atom stereocenters. The third-order valence-corrected chi connectivity index (χ3v) is 6.35. The summed E-state index contributed by atoms with van der Waals surface area (Å²) >= 11 is 0. The number of rotatable bonds is 8. The van der Waals surface area contributed by atoms with Gasteiger partial charge >= 0.3 is 0 Å². The third kappa shape index (κ3) is 6.10. The van der Waals surface area contributed by atoms with Crippen LogP contribution in [0.15, 0.2) is 59.0 Å². The lowest BCUT2D eigenvalue weighted by Gasteiger charge is -2.36. The van der Waals surface area contributed by atoms with Crippen LogP contribution in [0.25, 0.3) is 0 Å². The number of piperazine rings is 1. The number of carbonyl (C=O) groups is 1. The van der Waals surface area contributed by atoms with Crippen molar-refractivity contribution in [3.8, 4) is 11.8 Å². The van der Waals surface area contributed by atoms with E-state index in [2.05, 4.69) is 17.0 Å². The van der Waals surface area contributed by atoms with E-state index in [9.17, 15) is 4.79 Å². The van der Waals surface area contributed by atoms with Crippen LogP contribution in [0.5, 0.6) is 5.75 Å². The molecule has 1 saturated heterocycles. The lowest BCUT2D eigenvalue weighted by atomic mass is 10.1. The molecule has 3 aromatic rings. The Balaban J connectivity index is 1.41. The average molecular weight is 474 g/mol. The number of nitriles is 1. The number of furan rings is 1. The summed E-state index contributed by atoms with van der Waals surface area (Å²) in [5.41, 5.74) is 3.33. The molecule has 1 aliphatic heterocycles. The van der Waals surface area contributed by atoms with E-state index in [0.29, 0.717) is 43.1 Å². The predicted octanol–water partition coefficient (Wildman–Crippen LogP) is 4.49. The van der Waals surface area contributed by atoms with Crippen LogP contribution in [0.4, 0.5) is 0 Å². The highest BCUT2D eigenvalue weighted by atomic mass is 16.5. The van der Waals surface area contributed by atoms with Gasteiger partial charge in [-0.1, -0.05) is 24.3 Å². The number of hydrogen-bond donors (Lipinski definition) is 0. The van der Waals surface area contributed by atoms with Crippen LogP contribution in [-0.2, 0) is 11.3 Å². The van der Waals surface area contributed by atoms with Gasteiger partial charge in [-0.15, -0.1) is 0 Å². The van der Waals surface area contributed by atoms with Crippen molar-refractivity contribution in [2.45, 2.75) is 26.6 Å². The third-order valence-electron chi connectivity index (χ3n) is 6.35. The van der Waals surface area contributed by atoms with Gasteiger partial charge in [0.1, 0.15) is 17.3 Å². The predicted molar refractivity (Wildman–Crippen MR) is 132 cm³/mol. The van der Waals surface area contributed by atoms with Gasteiger partial charge in [-0.05, 0) is 55.3 Å². The van der Waals surface area contributed by atoms with Gasteiger partial charge in [0.2, 0.25) is 0 Å². The summed E-state index contributed by atoms with van der Waals surface area (Å²) in [5.74, 6) is 2.24. The van der Waals surface area contributed by atoms with E-state index in [0.717, 1.165) is 35.7 Å². The van der Waals surface area contributed by atoms with E-state index in [1.54, 1.807) is 19.2 Å². The summed E-state index contributed by atoms with van der Waals surface area (Å²) in [6, 6.07) is 19.4. The maximum absolute atomic E-state index is 12.9. The summed E-state index contributed by atoms with van der Waals surface area (Å²) in [5, 5.41) is 9.03. The van der Waals surface area contributed by atoms with Crippen molar-refractivity contribution in [2.24, 2.45) is 0 Å². The molecule has 0 N–H and O–H groups in total. The average Bonchev–Trinajstić information content (AvgIpc) is 3.24. The topological polar surface area (TPSA) is 78.9 Å². The van der Waals surface area contributed by atoms with Gasteiger partial charge in [0.15, 0.2) is 0 Å². The lowest BCUT2D eigenvalue weighted by Crippen LogP contribution is -2.49. The molecule has 1 amide bonds. The smallest absolute Gasteiger partial charge is 0.257 e. The zero-order chi connectivity index (χ0) is 24.8. The second-order valence-corrected chi connectivity index (χ2v) is 8.80. The highest BCUT2D eigenvalue weighted by Gasteiger charge is 2.26. The summed E-state index contributed by atoms with van der Waals surface area (Å²) < 4.78 is 17.3. The Labute approximate surface area is 206 Å². The van der Waals surface area contributed by atoms with Gasteiger partial charge < -0.3 is 18.8 Å². The molecule has 1 atom stereocenters. The van der Waals surface area contributed by atoms with Crippen LogP contribution in [0.2, 0.25) is 0 Å². The molecular weight excluding hydrogens is 442 g/mol. The minimum absolute atomic E-state index is 0.0282. The Morgan fingerprint density at radius 2 is 1.83 bits per heavy atom. The van der Waals surface area contributed by atoms with Crippen molar-refractivity contribution < 1.29 is 18.7 Å². The molecule has 7 heteroatoms. The molecule has 35 heavy (non-hydrogen) atoms. The van der Waals surface area contributed by atoms with E-state index in [1.165, 1.54) is 0 Å². The molecule has 0 radical (unpaired) electrons. The first-order chi connectivity index (χ1) is 17.0. The van der Waals surface area contributed by atoms with Crippen LogP contribution in [0.3, 0.4) is 0 Å². The highest BCUT2D eigenvalue weighted by Crippen LogP contribution is 2.25. The first-order valence-corrected chi connectivity index (χ1v) is 11.8. The molecular formula is C28H31N3O4. The van der Waals surface area contributed by atoms with Crippen LogP contribution in [0.1, 0.15) is 44.7 Å². The van der Waals surface area contributed by atoms with Gasteiger partial charge in [0.25, 0.3) is 5.91 Å². The van der Waals surface area contributed by atoms with Gasteiger partial charge in [-0.3, -0.25) is 9.69 Å². The largest absolute Gasteiger partial charge is 0.497 e. The Morgan fingerprint density at radius 1 is 1.09 bits per heavy atom. The summed E-state index contributed by atoms with van der Waals surface area (Å²) in [7, 11) is 1.66. The zero-order valence-corrected chi connectivity index (χ0v) is 20.5. The minimum atomic E-state index is -0.165. The number of aryl methyl sites for hydroxylation is 2. The maximum atomic E-state index is 12.9. The van der Waals surface area contributed by atoms with E-state index >= 15 is 0 Å². The summed E-state index contributed by atoms with van der Waals surface area (Å²) in [6.45, 7) is 7.68. The van der Waals surface area contributed by atoms with Gasteiger partial charge in [0.05, 0.1) is 37.0 Å². The number of hydrogen-bond acceptors (Lipinski definition) is 6. The standard InChI is InChI=1S/C28H31N3O4/c1-20-15-26(21(2)35-20)28(32)31-13-11-30(12-14-31)18-27(24-5-4-6-25(16-24)33-3)34-19-23-9-7-22(17-29)8-10-23/h4-10,15-16,27H,11-14,18-19H2,1-3H3. The maximum Gasteiger partial charge on any atom is 0.257 e. The Hall–Kier alpha value is -3.60. The fraction of sp³-hybridized carbons (Fsp3) is 0.357. The van der Waals surface area contributed by atoms with Crippen molar-refractivity contribution in [1.29, 1.82) is 5.26 Å². The summed E-state index contributed by atoms with van der Waals surface area (Å²) in [4.78, 5) is 17.2. The fourth-order valence-corrected chi connectivity index (χ4v) is 4.35. The van der Waals surface area contributed by atoms with Crippen molar-refractivity contribution in [2.75, 3.05) is 39.8 Å². The number of benzene rings is 2.